The Labute approximate surface area is 98.2 Å². The maximum atomic E-state index is 11.8. The molecule has 0 saturated heterocycles. The highest BCUT2D eigenvalue weighted by Crippen LogP contribution is 2.44. The highest BCUT2D eigenvalue weighted by atomic mass is 16.1. The Kier molecular flexibility index (Phi) is 2.99. The van der Waals surface area contributed by atoms with Crippen LogP contribution < -0.4 is 11.1 Å². The molecule has 3 N–H and O–H groups in total. The standard InChI is InChI=1S/C13H24N2O/c1-12(2)7-8-13(9-12,11(14)16)15-10-5-3-4-6-10/h10,15H,3-9H2,1-2H3,(H2,14,16). The van der Waals surface area contributed by atoms with Crippen LogP contribution >= 0.6 is 0 Å². The molecule has 0 heterocycles. The van der Waals surface area contributed by atoms with Crippen LogP contribution in [0, 0.1) is 5.41 Å². The SMILES string of the molecule is CC1(C)CCC(NC2CCCC2)(C(N)=O)C1. The summed E-state index contributed by atoms with van der Waals surface area (Å²) < 4.78 is 0. The third kappa shape index (κ3) is 2.24. The van der Waals surface area contributed by atoms with E-state index in [0.29, 0.717) is 6.04 Å². The van der Waals surface area contributed by atoms with E-state index in [1.165, 1.54) is 25.7 Å². The van der Waals surface area contributed by atoms with Crippen LogP contribution in [0.4, 0.5) is 0 Å². The Hall–Kier alpha value is -0.570. The summed E-state index contributed by atoms with van der Waals surface area (Å²) in [6.45, 7) is 4.46. The fourth-order valence-electron chi connectivity index (χ4n) is 3.41. The number of carbonyl (C=O) groups is 1. The number of primary amides is 1. The summed E-state index contributed by atoms with van der Waals surface area (Å²) in [4.78, 5) is 11.8. The van der Waals surface area contributed by atoms with Crippen LogP contribution in [-0.4, -0.2) is 17.5 Å². The van der Waals surface area contributed by atoms with Crippen LogP contribution in [0.25, 0.3) is 0 Å². The maximum Gasteiger partial charge on any atom is 0.237 e. The molecule has 0 aromatic carbocycles. The maximum absolute atomic E-state index is 11.8. The Morgan fingerprint density at radius 3 is 2.31 bits per heavy atom. The van der Waals surface area contributed by atoms with Gasteiger partial charge in [0.15, 0.2) is 0 Å². The Morgan fingerprint density at radius 1 is 1.25 bits per heavy atom. The van der Waals surface area contributed by atoms with Crippen molar-refractivity contribution in [3.63, 3.8) is 0 Å². The van der Waals surface area contributed by atoms with Crippen LogP contribution in [0.15, 0.2) is 0 Å². The summed E-state index contributed by atoms with van der Waals surface area (Å²) in [6, 6.07) is 0.515. The van der Waals surface area contributed by atoms with Crippen LogP contribution in [-0.2, 0) is 4.79 Å². The van der Waals surface area contributed by atoms with Crippen molar-refractivity contribution in [1.82, 2.24) is 5.32 Å². The van der Waals surface area contributed by atoms with Gasteiger partial charge in [-0.2, -0.15) is 0 Å². The topological polar surface area (TPSA) is 55.1 Å². The first-order valence-corrected chi connectivity index (χ1v) is 6.51. The lowest BCUT2D eigenvalue weighted by atomic mass is 9.86. The normalized spacial score (nSPS) is 34.4. The summed E-state index contributed by atoms with van der Waals surface area (Å²) in [5, 5.41) is 3.57. The lowest BCUT2D eigenvalue weighted by Crippen LogP contribution is -2.57. The molecule has 0 aromatic heterocycles. The minimum Gasteiger partial charge on any atom is -0.368 e. The second kappa shape index (κ2) is 4.02. The molecular formula is C13H24N2O. The van der Waals surface area contributed by atoms with Gasteiger partial charge in [0.05, 0.1) is 5.54 Å². The molecule has 2 fully saturated rings. The number of rotatable bonds is 3. The molecule has 16 heavy (non-hydrogen) atoms. The van der Waals surface area contributed by atoms with Gasteiger partial charge in [0.2, 0.25) is 5.91 Å². The summed E-state index contributed by atoms with van der Waals surface area (Å²) in [5.41, 5.74) is 5.46. The molecule has 2 rings (SSSR count). The number of nitrogens with one attached hydrogen (secondary N) is 1. The molecule has 2 aliphatic carbocycles. The molecule has 3 heteroatoms. The van der Waals surface area contributed by atoms with E-state index in [-0.39, 0.29) is 11.3 Å². The first kappa shape index (κ1) is 11.9. The van der Waals surface area contributed by atoms with Crippen LogP contribution in [0.1, 0.15) is 58.8 Å². The van der Waals surface area contributed by atoms with Crippen molar-refractivity contribution in [1.29, 1.82) is 0 Å². The van der Waals surface area contributed by atoms with E-state index in [0.717, 1.165) is 19.3 Å². The van der Waals surface area contributed by atoms with Crippen LogP contribution in [0.2, 0.25) is 0 Å². The fraction of sp³-hybridized carbons (Fsp3) is 0.923. The molecule has 0 aliphatic heterocycles. The van der Waals surface area contributed by atoms with Gasteiger partial charge in [-0.1, -0.05) is 26.7 Å². The van der Waals surface area contributed by atoms with Crippen molar-refractivity contribution in [2.24, 2.45) is 11.1 Å². The van der Waals surface area contributed by atoms with Gasteiger partial charge in [0.1, 0.15) is 0 Å². The monoisotopic (exact) mass is 224 g/mol. The highest BCUT2D eigenvalue weighted by molar-refractivity contribution is 5.85. The minimum absolute atomic E-state index is 0.148. The second-order valence-electron chi connectivity index (χ2n) is 6.41. The third-order valence-corrected chi connectivity index (χ3v) is 4.32. The molecular weight excluding hydrogens is 200 g/mol. The van der Waals surface area contributed by atoms with E-state index in [4.69, 9.17) is 5.73 Å². The van der Waals surface area contributed by atoms with Crippen LogP contribution in [0.5, 0.6) is 0 Å². The van der Waals surface area contributed by atoms with E-state index < -0.39 is 5.54 Å². The molecule has 3 nitrogen and oxygen atoms in total. The fourth-order valence-corrected chi connectivity index (χ4v) is 3.41. The van der Waals surface area contributed by atoms with Gasteiger partial charge in [-0.25, -0.2) is 0 Å². The molecule has 0 bridgehead atoms. The summed E-state index contributed by atoms with van der Waals surface area (Å²) >= 11 is 0. The van der Waals surface area contributed by atoms with Crippen molar-refractivity contribution in [3.8, 4) is 0 Å². The Morgan fingerprint density at radius 2 is 1.88 bits per heavy atom. The molecule has 1 atom stereocenters. The zero-order valence-corrected chi connectivity index (χ0v) is 10.5. The van der Waals surface area contributed by atoms with Crippen molar-refractivity contribution >= 4 is 5.91 Å². The molecule has 0 spiro atoms. The lowest BCUT2D eigenvalue weighted by Gasteiger charge is -2.32. The van der Waals surface area contributed by atoms with Gasteiger partial charge in [0.25, 0.3) is 0 Å². The van der Waals surface area contributed by atoms with E-state index in [9.17, 15) is 4.79 Å². The highest BCUT2D eigenvalue weighted by Gasteiger charge is 2.48. The number of amides is 1. The van der Waals surface area contributed by atoms with Gasteiger partial charge < -0.3 is 11.1 Å². The molecule has 0 radical (unpaired) electrons. The van der Waals surface area contributed by atoms with Crippen molar-refractivity contribution < 1.29 is 4.79 Å². The average Bonchev–Trinajstić information content (AvgIpc) is 2.75. The quantitative estimate of drug-likeness (QED) is 0.770. The summed E-state index contributed by atoms with van der Waals surface area (Å²) in [5.74, 6) is -0.148. The molecule has 1 unspecified atom stereocenters. The number of hydrogen-bond donors (Lipinski definition) is 2. The molecule has 0 aromatic rings. The second-order valence-corrected chi connectivity index (χ2v) is 6.41. The molecule has 2 aliphatic rings. The third-order valence-electron chi connectivity index (χ3n) is 4.32. The zero-order valence-electron chi connectivity index (χ0n) is 10.5. The smallest absolute Gasteiger partial charge is 0.237 e. The Bertz CT molecular complexity index is 282. The predicted octanol–water partition coefficient (Wildman–Crippen LogP) is 1.95. The lowest BCUT2D eigenvalue weighted by molar-refractivity contribution is -0.124. The van der Waals surface area contributed by atoms with Gasteiger partial charge >= 0.3 is 0 Å². The van der Waals surface area contributed by atoms with E-state index in [1.807, 2.05) is 0 Å². The van der Waals surface area contributed by atoms with Gasteiger partial charge in [-0.3, -0.25) is 4.79 Å². The number of carbonyl (C=O) groups excluding carboxylic acids is 1. The van der Waals surface area contributed by atoms with E-state index >= 15 is 0 Å². The summed E-state index contributed by atoms with van der Waals surface area (Å²) in [7, 11) is 0. The van der Waals surface area contributed by atoms with Gasteiger partial charge in [-0.05, 0) is 37.5 Å². The van der Waals surface area contributed by atoms with Crippen molar-refractivity contribution in [2.45, 2.75) is 70.4 Å². The van der Waals surface area contributed by atoms with Crippen molar-refractivity contribution in [2.75, 3.05) is 0 Å². The molecule has 1 amide bonds. The molecule has 92 valence electrons. The van der Waals surface area contributed by atoms with E-state index in [1.54, 1.807) is 0 Å². The van der Waals surface area contributed by atoms with E-state index in [2.05, 4.69) is 19.2 Å². The van der Waals surface area contributed by atoms with Crippen molar-refractivity contribution in [3.05, 3.63) is 0 Å². The summed E-state index contributed by atoms with van der Waals surface area (Å²) in [6.07, 6.45) is 7.88. The van der Waals surface area contributed by atoms with Crippen LogP contribution in [0.3, 0.4) is 0 Å². The average molecular weight is 224 g/mol. The molecule has 2 saturated carbocycles. The first-order chi connectivity index (χ1) is 7.44. The minimum atomic E-state index is -0.418. The zero-order chi connectivity index (χ0) is 11.8. The number of hydrogen-bond acceptors (Lipinski definition) is 2. The largest absolute Gasteiger partial charge is 0.368 e. The van der Waals surface area contributed by atoms with Gasteiger partial charge in [-0.15, -0.1) is 0 Å². The first-order valence-electron chi connectivity index (χ1n) is 6.51. The Balaban J connectivity index is 2.08. The van der Waals surface area contributed by atoms with Gasteiger partial charge in [0, 0.05) is 6.04 Å². The number of nitrogens with two attached hydrogens (primary N) is 1. The predicted molar refractivity (Wildman–Crippen MR) is 64.9 cm³/mol.